The first-order valence-electron chi connectivity index (χ1n) is 5.62. The molecule has 1 aromatic rings. The Morgan fingerprint density at radius 1 is 1.47 bits per heavy atom. The maximum absolute atomic E-state index is 8.90. The van der Waals surface area contributed by atoms with E-state index in [1.165, 1.54) is 0 Å². The molecule has 0 fully saturated rings. The molecule has 0 unspecified atom stereocenters. The van der Waals surface area contributed by atoms with E-state index < -0.39 is 0 Å². The lowest BCUT2D eigenvalue weighted by Gasteiger charge is -2.22. The van der Waals surface area contributed by atoms with Gasteiger partial charge in [-0.3, -0.25) is 0 Å². The number of methoxy groups -OCH3 is 1. The molecule has 0 bridgehead atoms. The summed E-state index contributed by atoms with van der Waals surface area (Å²) in [7, 11) is 1.67. The van der Waals surface area contributed by atoms with E-state index >= 15 is 0 Å². The van der Waals surface area contributed by atoms with Crippen LogP contribution in [0, 0.1) is 11.3 Å². The first kappa shape index (κ1) is 13.5. The quantitative estimate of drug-likeness (QED) is 0.811. The molecule has 4 nitrogen and oxygen atoms in total. The first-order chi connectivity index (χ1) is 7.99. The normalized spacial score (nSPS) is 11.0. The van der Waals surface area contributed by atoms with Gasteiger partial charge in [-0.2, -0.15) is 5.26 Å². The van der Waals surface area contributed by atoms with Crippen LogP contribution in [0.1, 0.15) is 31.9 Å². The number of aromatic nitrogens is 1. The molecule has 1 rings (SSSR count). The van der Waals surface area contributed by atoms with Crippen LogP contribution < -0.4 is 5.32 Å². The molecule has 4 heteroatoms. The Kier molecular flexibility index (Phi) is 4.47. The average molecular weight is 233 g/mol. The molecule has 1 heterocycles. The fraction of sp³-hybridized carbons (Fsp3) is 0.538. The van der Waals surface area contributed by atoms with Crippen LogP contribution in [0.5, 0.6) is 0 Å². The number of hydrogen-bond donors (Lipinski definition) is 1. The van der Waals surface area contributed by atoms with Crippen molar-refractivity contribution < 1.29 is 4.74 Å². The Labute approximate surface area is 103 Å². The van der Waals surface area contributed by atoms with Crippen LogP contribution in [0.4, 0.5) is 5.82 Å². The molecule has 0 aliphatic rings. The molecule has 0 atom stereocenters. The molecule has 0 spiro atoms. The highest BCUT2D eigenvalue weighted by atomic mass is 16.5. The fourth-order valence-corrected chi connectivity index (χ4v) is 1.51. The summed E-state index contributed by atoms with van der Waals surface area (Å²) >= 11 is 0. The second-order valence-electron chi connectivity index (χ2n) is 4.90. The van der Waals surface area contributed by atoms with Crippen molar-refractivity contribution in [2.45, 2.75) is 26.2 Å². The minimum absolute atomic E-state index is 0.0464. The number of ether oxygens (including phenoxy) is 1. The summed E-state index contributed by atoms with van der Waals surface area (Å²) in [5.74, 6) is 0.827. The lowest BCUT2D eigenvalue weighted by molar-refractivity contribution is 0.210. The highest BCUT2D eigenvalue weighted by molar-refractivity contribution is 5.51. The van der Waals surface area contributed by atoms with E-state index in [0.717, 1.165) is 11.4 Å². The number of pyridine rings is 1. The summed E-state index contributed by atoms with van der Waals surface area (Å²) in [6, 6.07) is 4.01. The lowest BCUT2D eigenvalue weighted by Crippen LogP contribution is -2.18. The Morgan fingerprint density at radius 2 is 2.18 bits per heavy atom. The van der Waals surface area contributed by atoms with Gasteiger partial charge in [-0.15, -0.1) is 0 Å². The van der Waals surface area contributed by atoms with Crippen molar-refractivity contribution in [3.8, 4) is 6.07 Å². The maximum atomic E-state index is 8.90. The van der Waals surface area contributed by atoms with Crippen LogP contribution in [-0.2, 0) is 10.2 Å². The van der Waals surface area contributed by atoms with Crippen molar-refractivity contribution in [3.05, 3.63) is 23.4 Å². The van der Waals surface area contributed by atoms with E-state index in [2.05, 4.69) is 37.1 Å². The summed E-state index contributed by atoms with van der Waals surface area (Å²) in [5, 5.41) is 12.1. The molecule has 0 aromatic carbocycles. The number of anilines is 1. The van der Waals surface area contributed by atoms with Gasteiger partial charge in [0.05, 0.1) is 12.2 Å². The van der Waals surface area contributed by atoms with Crippen LogP contribution in [0.15, 0.2) is 12.3 Å². The lowest BCUT2D eigenvalue weighted by atomic mass is 9.86. The molecule has 0 aliphatic heterocycles. The monoisotopic (exact) mass is 233 g/mol. The molecule has 1 aromatic heterocycles. The second-order valence-corrected chi connectivity index (χ2v) is 4.90. The van der Waals surface area contributed by atoms with E-state index in [-0.39, 0.29) is 5.41 Å². The molecule has 0 saturated heterocycles. The first-order valence-corrected chi connectivity index (χ1v) is 5.62. The minimum atomic E-state index is -0.0464. The van der Waals surface area contributed by atoms with Crippen LogP contribution in [-0.4, -0.2) is 25.2 Å². The number of nitrogens with one attached hydrogen (secondary N) is 1. The molecular weight excluding hydrogens is 214 g/mol. The second kappa shape index (κ2) is 5.65. The Balaban J connectivity index is 3.00. The average Bonchev–Trinajstić information content (AvgIpc) is 2.28. The zero-order valence-corrected chi connectivity index (χ0v) is 10.9. The molecule has 0 aliphatic carbocycles. The van der Waals surface area contributed by atoms with Crippen molar-refractivity contribution >= 4 is 5.82 Å². The van der Waals surface area contributed by atoms with Gasteiger partial charge in [-0.1, -0.05) is 20.8 Å². The van der Waals surface area contributed by atoms with Gasteiger partial charge in [-0.05, 0) is 11.5 Å². The van der Waals surface area contributed by atoms with Gasteiger partial charge in [0.25, 0.3) is 0 Å². The van der Waals surface area contributed by atoms with Gasteiger partial charge < -0.3 is 10.1 Å². The van der Waals surface area contributed by atoms with Gasteiger partial charge in [0.15, 0.2) is 0 Å². The Hall–Kier alpha value is -1.60. The Morgan fingerprint density at radius 3 is 2.71 bits per heavy atom. The third-order valence-electron chi connectivity index (χ3n) is 2.42. The SMILES string of the molecule is COCCNc1ncc(C#N)cc1C(C)(C)C. The molecule has 0 radical (unpaired) electrons. The Bertz CT molecular complexity index is 416. The summed E-state index contributed by atoms with van der Waals surface area (Å²) < 4.78 is 4.99. The van der Waals surface area contributed by atoms with Gasteiger partial charge >= 0.3 is 0 Å². The molecule has 17 heavy (non-hydrogen) atoms. The summed E-state index contributed by atoms with van der Waals surface area (Å²) in [5.41, 5.74) is 1.59. The van der Waals surface area contributed by atoms with Crippen molar-refractivity contribution in [3.63, 3.8) is 0 Å². The maximum Gasteiger partial charge on any atom is 0.129 e. The van der Waals surface area contributed by atoms with Gasteiger partial charge in [0.1, 0.15) is 11.9 Å². The largest absolute Gasteiger partial charge is 0.383 e. The zero-order valence-electron chi connectivity index (χ0n) is 10.9. The van der Waals surface area contributed by atoms with E-state index in [1.54, 1.807) is 13.3 Å². The van der Waals surface area contributed by atoms with E-state index in [9.17, 15) is 0 Å². The topological polar surface area (TPSA) is 57.9 Å². The van der Waals surface area contributed by atoms with E-state index in [0.29, 0.717) is 18.7 Å². The molecule has 0 amide bonds. The third-order valence-corrected chi connectivity index (χ3v) is 2.42. The molecule has 92 valence electrons. The van der Waals surface area contributed by atoms with Gasteiger partial charge in [0, 0.05) is 25.4 Å². The molecule has 1 N–H and O–H groups in total. The standard InChI is InChI=1S/C13H19N3O/c1-13(2,3)11-7-10(8-14)9-16-12(11)15-5-6-17-4/h7,9H,5-6H2,1-4H3,(H,15,16). The predicted octanol–water partition coefficient (Wildman–Crippen LogP) is 2.31. The molecular formula is C13H19N3O. The van der Waals surface area contributed by atoms with E-state index in [4.69, 9.17) is 10.00 Å². The third kappa shape index (κ3) is 3.72. The molecule has 0 saturated carbocycles. The highest BCUT2D eigenvalue weighted by Crippen LogP contribution is 2.28. The van der Waals surface area contributed by atoms with E-state index in [1.807, 2.05) is 6.07 Å². The van der Waals surface area contributed by atoms with Crippen molar-refractivity contribution in [2.75, 3.05) is 25.6 Å². The highest BCUT2D eigenvalue weighted by Gasteiger charge is 2.19. The number of nitrogens with zero attached hydrogens (tertiary/aromatic N) is 2. The van der Waals surface area contributed by atoms with Crippen LogP contribution >= 0.6 is 0 Å². The number of hydrogen-bond acceptors (Lipinski definition) is 4. The zero-order chi connectivity index (χ0) is 12.9. The smallest absolute Gasteiger partial charge is 0.129 e. The summed E-state index contributed by atoms with van der Waals surface area (Å²) in [4.78, 5) is 4.30. The van der Waals surface area contributed by atoms with Crippen LogP contribution in [0.2, 0.25) is 0 Å². The van der Waals surface area contributed by atoms with Crippen molar-refractivity contribution in [1.29, 1.82) is 5.26 Å². The number of rotatable bonds is 4. The summed E-state index contributed by atoms with van der Waals surface area (Å²) in [6.45, 7) is 7.65. The van der Waals surface area contributed by atoms with Gasteiger partial charge in [-0.25, -0.2) is 4.98 Å². The van der Waals surface area contributed by atoms with Crippen molar-refractivity contribution in [1.82, 2.24) is 4.98 Å². The van der Waals surface area contributed by atoms with Gasteiger partial charge in [0.2, 0.25) is 0 Å². The van der Waals surface area contributed by atoms with Crippen molar-refractivity contribution in [2.24, 2.45) is 0 Å². The summed E-state index contributed by atoms with van der Waals surface area (Å²) in [6.07, 6.45) is 1.59. The van der Waals surface area contributed by atoms with Crippen LogP contribution in [0.25, 0.3) is 0 Å². The number of nitriles is 1. The fourth-order valence-electron chi connectivity index (χ4n) is 1.51. The van der Waals surface area contributed by atoms with Crippen LogP contribution in [0.3, 0.4) is 0 Å². The predicted molar refractivity (Wildman–Crippen MR) is 68.0 cm³/mol. The minimum Gasteiger partial charge on any atom is -0.383 e.